The monoisotopic (exact) mass is 270 g/mol. The molecule has 104 valence electrons. The van der Waals surface area contributed by atoms with Gasteiger partial charge in [-0.15, -0.1) is 0 Å². The Kier molecular flexibility index (Phi) is 4.77. The fourth-order valence-corrected chi connectivity index (χ4v) is 2.11. The molecule has 0 bridgehead atoms. The summed E-state index contributed by atoms with van der Waals surface area (Å²) in [4.78, 5) is 10.7. The topological polar surface area (TPSA) is 46.5 Å². The molecule has 0 aliphatic carbocycles. The van der Waals surface area contributed by atoms with Gasteiger partial charge in [0.15, 0.2) is 0 Å². The van der Waals surface area contributed by atoms with Gasteiger partial charge < -0.3 is 9.84 Å². The Morgan fingerprint density at radius 2 is 1.80 bits per heavy atom. The van der Waals surface area contributed by atoms with Crippen molar-refractivity contribution in [3.8, 4) is 11.5 Å². The van der Waals surface area contributed by atoms with E-state index in [9.17, 15) is 4.79 Å². The molecule has 0 saturated carbocycles. The molecule has 2 rings (SSSR count). The number of carboxylic acids is 1. The van der Waals surface area contributed by atoms with Crippen LogP contribution in [-0.2, 0) is 17.6 Å². The van der Waals surface area contributed by atoms with Crippen molar-refractivity contribution in [2.75, 3.05) is 0 Å². The molecule has 1 N–H and O–H groups in total. The second-order valence-corrected chi connectivity index (χ2v) is 4.59. The molecule has 0 unspecified atom stereocenters. The van der Waals surface area contributed by atoms with Crippen LogP contribution in [0.5, 0.6) is 11.5 Å². The van der Waals surface area contributed by atoms with Gasteiger partial charge in [-0.05, 0) is 48.2 Å². The number of hydrogen-bond donors (Lipinski definition) is 1. The van der Waals surface area contributed by atoms with Crippen molar-refractivity contribution in [1.29, 1.82) is 0 Å². The molecule has 0 amide bonds. The predicted molar refractivity (Wildman–Crippen MR) is 78.3 cm³/mol. The van der Waals surface area contributed by atoms with E-state index in [0.29, 0.717) is 6.42 Å². The van der Waals surface area contributed by atoms with Crippen molar-refractivity contribution >= 4 is 5.97 Å². The summed E-state index contributed by atoms with van der Waals surface area (Å²) in [6.45, 7) is 2.06. The van der Waals surface area contributed by atoms with E-state index >= 15 is 0 Å². The second kappa shape index (κ2) is 6.75. The van der Waals surface area contributed by atoms with Gasteiger partial charge >= 0.3 is 5.97 Å². The summed E-state index contributed by atoms with van der Waals surface area (Å²) in [5.41, 5.74) is 2.22. The first kappa shape index (κ1) is 14.1. The molecule has 0 fully saturated rings. The number of ether oxygens (including phenoxy) is 1. The molecule has 3 heteroatoms. The van der Waals surface area contributed by atoms with Gasteiger partial charge in [0.25, 0.3) is 0 Å². The molecule has 2 aromatic carbocycles. The summed E-state index contributed by atoms with van der Waals surface area (Å²) in [6, 6.07) is 15.5. The maximum Gasteiger partial charge on any atom is 0.303 e. The highest BCUT2D eigenvalue weighted by Crippen LogP contribution is 2.24. The van der Waals surface area contributed by atoms with E-state index in [1.807, 2.05) is 48.5 Å². The van der Waals surface area contributed by atoms with Crippen molar-refractivity contribution in [1.82, 2.24) is 0 Å². The van der Waals surface area contributed by atoms with Crippen molar-refractivity contribution < 1.29 is 14.6 Å². The standard InChI is InChI=1S/C17H18O3/c1-2-13-12-16(20-15-6-4-3-5-7-15)10-8-14(13)9-11-17(18)19/h3-8,10,12H,2,9,11H2,1H3,(H,18,19). The fourth-order valence-electron chi connectivity index (χ4n) is 2.11. The number of carboxylic acid groups (broad SMARTS) is 1. The zero-order valence-corrected chi connectivity index (χ0v) is 11.5. The van der Waals surface area contributed by atoms with E-state index in [0.717, 1.165) is 29.0 Å². The molecule has 0 aromatic heterocycles. The van der Waals surface area contributed by atoms with Crippen molar-refractivity contribution in [3.63, 3.8) is 0 Å². The molecule has 2 aromatic rings. The van der Waals surface area contributed by atoms with Gasteiger partial charge in [0.2, 0.25) is 0 Å². The van der Waals surface area contributed by atoms with Crippen LogP contribution in [0.3, 0.4) is 0 Å². The molecule has 0 saturated heterocycles. The van der Waals surface area contributed by atoms with Gasteiger partial charge in [0, 0.05) is 6.42 Å². The zero-order valence-electron chi connectivity index (χ0n) is 11.5. The maximum absolute atomic E-state index is 10.7. The lowest BCUT2D eigenvalue weighted by Crippen LogP contribution is -2.00. The van der Waals surface area contributed by atoms with E-state index in [2.05, 4.69) is 6.92 Å². The van der Waals surface area contributed by atoms with Gasteiger partial charge in [-0.1, -0.05) is 31.2 Å². The molecular weight excluding hydrogens is 252 g/mol. The first-order chi connectivity index (χ1) is 9.69. The number of para-hydroxylation sites is 1. The first-order valence-corrected chi connectivity index (χ1v) is 6.75. The summed E-state index contributed by atoms with van der Waals surface area (Å²) < 4.78 is 5.79. The highest BCUT2D eigenvalue weighted by Gasteiger charge is 2.06. The molecular formula is C17H18O3. The van der Waals surface area contributed by atoms with Crippen molar-refractivity contribution in [2.45, 2.75) is 26.2 Å². The van der Waals surface area contributed by atoms with Crippen LogP contribution in [0.25, 0.3) is 0 Å². The van der Waals surface area contributed by atoms with Gasteiger partial charge in [-0.25, -0.2) is 0 Å². The second-order valence-electron chi connectivity index (χ2n) is 4.59. The minimum atomic E-state index is -0.767. The minimum absolute atomic E-state index is 0.159. The molecule has 20 heavy (non-hydrogen) atoms. The number of carbonyl (C=O) groups is 1. The van der Waals surface area contributed by atoms with Crippen LogP contribution in [0, 0.1) is 0 Å². The van der Waals surface area contributed by atoms with Gasteiger partial charge in [-0.3, -0.25) is 4.79 Å². The average molecular weight is 270 g/mol. The quantitative estimate of drug-likeness (QED) is 0.861. The Balaban J connectivity index is 2.14. The first-order valence-electron chi connectivity index (χ1n) is 6.75. The lowest BCUT2D eigenvalue weighted by Gasteiger charge is -2.11. The SMILES string of the molecule is CCc1cc(Oc2ccccc2)ccc1CCC(=O)O. The number of benzene rings is 2. The highest BCUT2D eigenvalue weighted by molar-refractivity contribution is 5.67. The Labute approximate surface area is 118 Å². The van der Waals surface area contributed by atoms with Crippen LogP contribution in [0.1, 0.15) is 24.5 Å². The smallest absolute Gasteiger partial charge is 0.303 e. The lowest BCUT2D eigenvalue weighted by molar-refractivity contribution is -0.136. The van der Waals surface area contributed by atoms with Crippen LogP contribution < -0.4 is 4.74 Å². The van der Waals surface area contributed by atoms with Gasteiger partial charge in [0.1, 0.15) is 11.5 Å². The summed E-state index contributed by atoms with van der Waals surface area (Å²) in [6.07, 6.45) is 1.58. The third-order valence-corrected chi connectivity index (χ3v) is 3.15. The third-order valence-electron chi connectivity index (χ3n) is 3.15. The Morgan fingerprint density at radius 1 is 1.05 bits per heavy atom. The van der Waals surface area contributed by atoms with Crippen molar-refractivity contribution in [2.24, 2.45) is 0 Å². The van der Waals surface area contributed by atoms with E-state index < -0.39 is 5.97 Å². The lowest BCUT2D eigenvalue weighted by atomic mass is 10.0. The Morgan fingerprint density at radius 3 is 2.45 bits per heavy atom. The normalized spacial score (nSPS) is 10.2. The summed E-state index contributed by atoms with van der Waals surface area (Å²) in [7, 11) is 0. The van der Waals surface area contributed by atoms with E-state index in [4.69, 9.17) is 9.84 Å². The van der Waals surface area contributed by atoms with Crippen LogP contribution >= 0.6 is 0 Å². The molecule has 0 heterocycles. The molecule has 0 radical (unpaired) electrons. The summed E-state index contributed by atoms with van der Waals surface area (Å²) in [5.74, 6) is 0.816. The molecule has 3 nitrogen and oxygen atoms in total. The number of hydrogen-bond acceptors (Lipinski definition) is 2. The average Bonchev–Trinajstić information content (AvgIpc) is 2.46. The van der Waals surface area contributed by atoms with Crippen LogP contribution in [0.4, 0.5) is 0 Å². The van der Waals surface area contributed by atoms with Crippen LogP contribution in [0.2, 0.25) is 0 Å². The zero-order chi connectivity index (χ0) is 14.4. The molecule has 0 atom stereocenters. The fraction of sp³-hybridized carbons (Fsp3) is 0.235. The number of aryl methyl sites for hydroxylation is 2. The Hall–Kier alpha value is -2.29. The van der Waals surface area contributed by atoms with Crippen LogP contribution in [-0.4, -0.2) is 11.1 Å². The summed E-state index contributed by atoms with van der Waals surface area (Å²) in [5, 5.41) is 8.76. The maximum atomic E-state index is 10.7. The van der Waals surface area contributed by atoms with E-state index in [1.165, 1.54) is 0 Å². The number of aliphatic carboxylic acids is 1. The molecule has 0 aliphatic heterocycles. The summed E-state index contributed by atoms with van der Waals surface area (Å²) >= 11 is 0. The highest BCUT2D eigenvalue weighted by atomic mass is 16.5. The van der Waals surface area contributed by atoms with Crippen LogP contribution in [0.15, 0.2) is 48.5 Å². The minimum Gasteiger partial charge on any atom is -0.481 e. The largest absolute Gasteiger partial charge is 0.481 e. The van der Waals surface area contributed by atoms with E-state index in [1.54, 1.807) is 0 Å². The molecule has 0 aliphatic rings. The molecule has 0 spiro atoms. The predicted octanol–water partition coefficient (Wildman–Crippen LogP) is 4.06. The van der Waals surface area contributed by atoms with Gasteiger partial charge in [-0.2, -0.15) is 0 Å². The van der Waals surface area contributed by atoms with E-state index in [-0.39, 0.29) is 6.42 Å². The third kappa shape index (κ3) is 3.85. The Bertz CT molecular complexity index is 576. The number of rotatable bonds is 6. The van der Waals surface area contributed by atoms with Crippen molar-refractivity contribution in [3.05, 3.63) is 59.7 Å². The van der Waals surface area contributed by atoms with Gasteiger partial charge in [0.05, 0.1) is 0 Å².